The fraction of sp³-hybridized carbons (Fsp3) is 0.250. The molecule has 1 saturated heterocycles. The second kappa shape index (κ2) is 9.39. The normalized spacial score (nSPS) is 17.7. The van der Waals surface area contributed by atoms with E-state index in [4.69, 9.17) is 12.2 Å². The van der Waals surface area contributed by atoms with Crippen LogP contribution in [0.2, 0.25) is 0 Å². The van der Waals surface area contributed by atoms with Crippen molar-refractivity contribution in [2.75, 3.05) is 0 Å². The number of nitrogens with one attached hydrogen (secondary N) is 1. The van der Waals surface area contributed by atoms with Crippen LogP contribution in [0.3, 0.4) is 0 Å². The van der Waals surface area contributed by atoms with Crippen LogP contribution in [0.25, 0.3) is 5.69 Å². The van der Waals surface area contributed by atoms with Crippen LogP contribution < -0.4 is 5.32 Å². The van der Waals surface area contributed by atoms with Gasteiger partial charge in [0, 0.05) is 29.5 Å². The fourth-order valence-electron chi connectivity index (χ4n) is 4.95. The number of thiocarbonyl (C=S) groups is 1. The van der Waals surface area contributed by atoms with E-state index in [1.807, 2.05) is 42.7 Å². The van der Waals surface area contributed by atoms with Crippen molar-refractivity contribution in [1.29, 1.82) is 0 Å². The summed E-state index contributed by atoms with van der Waals surface area (Å²) in [7, 11) is 0. The summed E-state index contributed by atoms with van der Waals surface area (Å²) in [5, 5.41) is 4.28. The zero-order valence-electron chi connectivity index (χ0n) is 19.8. The molecule has 1 aliphatic rings. The Hall–Kier alpha value is -3.51. The maximum Gasteiger partial charge on any atom is 0.170 e. The molecule has 2 atom stereocenters. The van der Waals surface area contributed by atoms with Gasteiger partial charge in [-0.1, -0.05) is 31.2 Å². The third kappa shape index (κ3) is 4.10. The predicted octanol–water partition coefficient (Wildman–Crippen LogP) is 5.62. The predicted molar refractivity (Wildman–Crippen MR) is 140 cm³/mol. The summed E-state index contributed by atoms with van der Waals surface area (Å²) in [6.07, 6.45) is 4.71. The Balaban J connectivity index is 1.60. The summed E-state index contributed by atoms with van der Waals surface area (Å²) in [6.45, 7) is 7.19. The van der Waals surface area contributed by atoms with E-state index in [0.717, 1.165) is 22.9 Å². The highest BCUT2D eigenvalue weighted by Gasteiger charge is 2.41. The van der Waals surface area contributed by atoms with E-state index in [1.54, 1.807) is 0 Å². The number of aromatic nitrogens is 3. The molecule has 1 N–H and O–H groups in total. The second-order valence-electron chi connectivity index (χ2n) is 8.76. The van der Waals surface area contributed by atoms with Crippen molar-refractivity contribution in [2.24, 2.45) is 0 Å². The quantitative estimate of drug-likeness (QED) is 0.373. The lowest BCUT2D eigenvalue weighted by Crippen LogP contribution is -2.29. The highest BCUT2D eigenvalue weighted by molar-refractivity contribution is 7.80. The summed E-state index contributed by atoms with van der Waals surface area (Å²) in [5.74, 6) is 0. The maximum atomic E-state index is 5.85. The molecule has 5 nitrogen and oxygen atoms in total. The van der Waals surface area contributed by atoms with Crippen LogP contribution in [0.15, 0.2) is 79.1 Å². The monoisotopic (exact) mass is 467 g/mol. The van der Waals surface area contributed by atoms with Gasteiger partial charge in [0.05, 0.1) is 30.0 Å². The fourth-order valence-corrected chi connectivity index (χ4v) is 5.25. The van der Waals surface area contributed by atoms with E-state index in [0.29, 0.717) is 6.54 Å². The molecule has 0 spiro atoms. The van der Waals surface area contributed by atoms with Crippen molar-refractivity contribution in [3.05, 3.63) is 113 Å². The van der Waals surface area contributed by atoms with Crippen LogP contribution in [0.5, 0.6) is 0 Å². The van der Waals surface area contributed by atoms with Gasteiger partial charge in [0.2, 0.25) is 0 Å². The SMILES string of the molecule is CCc1ccc(-n2c(C)cc(C3C(c4ccccn4)NC(=S)N3Cc3ccccn3)c2C)cc1. The molecule has 3 aromatic heterocycles. The molecule has 172 valence electrons. The smallest absolute Gasteiger partial charge is 0.170 e. The molecule has 1 aromatic carbocycles. The Kier molecular flexibility index (Phi) is 6.16. The number of benzene rings is 1. The molecule has 34 heavy (non-hydrogen) atoms. The van der Waals surface area contributed by atoms with Crippen molar-refractivity contribution >= 4 is 17.3 Å². The standard InChI is InChI=1S/C28H29N5S/c1-4-21-11-13-23(14-12-21)33-19(2)17-24(20(33)3)27-26(25-10-6-8-16-30-25)31-28(34)32(27)18-22-9-5-7-15-29-22/h5-17,26-27H,4,18H2,1-3H3,(H,31,34). The summed E-state index contributed by atoms with van der Waals surface area (Å²) >= 11 is 5.85. The zero-order chi connectivity index (χ0) is 23.7. The molecule has 0 amide bonds. The first kappa shape index (κ1) is 22.3. The minimum absolute atomic E-state index is 0.000675. The number of pyridine rings is 2. The lowest BCUT2D eigenvalue weighted by atomic mass is 9.96. The number of hydrogen-bond acceptors (Lipinski definition) is 3. The number of aryl methyl sites for hydroxylation is 2. The van der Waals surface area contributed by atoms with Crippen molar-refractivity contribution in [1.82, 2.24) is 24.8 Å². The van der Waals surface area contributed by atoms with Crippen molar-refractivity contribution in [2.45, 2.75) is 45.8 Å². The Morgan fingerprint density at radius 2 is 1.68 bits per heavy atom. The van der Waals surface area contributed by atoms with Crippen LogP contribution in [-0.2, 0) is 13.0 Å². The topological polar surface area (TPSA) is 46.0 Å². The van der Waals surface area contributed by atoms with E-state index < -0.39 is 0 Å². The highest BCUT2D eigenvalue weighted by Crippen LogP contribution is 2.42. The van der Waals surface area contributed by atoms with Crippen LogP contribution in [0.1, 0.15) is 52.9 Å². The van der Waals surface area contributed by atoms with E-state index in [-0.39, 0.29) is 12.1 Å². The average molecular weight is 468 g/mol. The van der Waals surface area contributed by atoms with Crippen LogP contribution in [0.4, 0.5) is 0 Å². The zero-order valence-corrected chi connectivity index (χ0v) is 20.6. The summed E-state index contributed by atoms with van der Waals surface area (Å²) in [4.78, 5) is 11.5. The second-order valence-corrected chi connectivity index (χ2v) is 9.14. The van der Waals surface area contributed by atoms with Gasteiger partial charge in [0.25, 0.3) is 0 Å². The maximum absolute atomic E-state index is 5.85. The largest absolute Gasteiger partial charge is 0.352 e. The summed E-state index contributed by atoms with van der Waals surface area (Å²) in [6, 6.07) is 23.2. The Morgan fingerprint density at radius 1 is 0.941 bits per heavy atom. The Labute approximate surface area is 206 Å². The number of hydrogen-bond donors (Lipinski definition) is 1. The molecule has 0 saturated carbocycles. The Bertz CT molecular complexity index is 1280. The molecule has 4 heterocycles. The molecule has 2 unspecified atom stereocenters. The van der Waals surface area contributed by atoms with Gasteiger partial charge in [0.1, 0.15) is 0 Å². The number of rotatable bonds is 6. The van der Waals surface area contributed by atoms with E-state index in [9.17, 15) is 0 Å². The van der Waals surface area contributed by atoms with Gasteiger partial charge in [-0.3, -0.25) is 9.97 Å². The molecule has 0 radical (unpaired) electrons. The first-order chi connectivity index (χ1) is 16.6. The third-order valence-electron chi connectivity index (χ3n) is 6.65. The molecule has 0 aliphatic carbocycles. The van der Waals surface area contributed by atoms with Crippen LogP contribution >= 0.6 is 12.2 Å². The third-order valence-corrected chi connectivity index (χ3v) is 7.00. The first-order valence-corrected chi connectivity index (χ1v) is 12.1. The van der Waals surface area contributed by atoms with Gasteiger partial charge in [-0.05, 0) is 86.1 Å². The molecular formula is C28H29N5S. The van der Waals surface area contributed by atoms with Crippen LogP contribution in [0, 0.1) is 13.8 Å². The van der Waals surface area contributed by atoms with E-state index in [1.165, 1.54) is 28.2 Å². The minimum atomic E-state index is -0.0474. The molecule has 1 aliphatic heterocycles. The molecule has 0 bridgehead atoms. The van der Waals surface area contributed by atoms with Crippen molar-refractivity contribution in [3.63, 3.8) is 0 Å². The van der Waals surface area contributed by atoms with E-state index >= 15 is 0 Å². The van der Waals surface area contributed by atoms with Gasteiger partial charge in [-0.2, -0.15) is 0 Å². The Morgan fingerprint density at radius 3 is 2.32 bits per heavy atom. The lowest BCUT2D eigenvalue weighted by molar-refractivity contribution is 0.307. The molecular weight excluding hydrogens is 438 g/mol. The van der Waals surface area contributed by atoms with Gasteiger partial charge in [-0.15, -0.1) is 0 Å². The van der Waals surface area contributed by atoms with Gasteiger partial charge in [-0.25, -0.2) is 0 Å². The van der Waals surface area contributed by atoms with Gasteiger partial charge >= 0.3 is 0 Å². The van der Waals surface area contributed by atoms with Gasteiger partial charge < -0.3 is 14.8 Å². The minimum Gasteiger partial charge on any atom is -0.352 e. The molecule has 6 heteroatoms. The number of nitrogens with zero attached hydrogens (tertiary/aromatic N) is 4. The van der Waals surface area contributed by atoms with Crippen molar-refractivity contribution < 1.29 is 0 Å². The van der Waals surface area contributed by atoms with Crippen molar-refractivity contribution in [3.8, 4) is 5.69 Å². The average Bonchev–Trinajstić information content (AvgIpc) is 3.35. The summed E-state index contributed by atoms with van der Waals surface area (Å²) < 4.78 is 2.34. The molecule has 5 rings (SSSR count). The van der Waals surface area contributed by atoms with E-state index in [2.05, 4.69) is 81.9 Å². The first-order valence-electron chi connectivity index (χ1n) is 11.7. The lowest BCUT2D eigenvalue weighted by Gasteiger charge is -2.28. The molecule has 1 fully saturated rings. The van der Waals surface area contributed by atoms with Gasteiger partial charge in [0.15, 0.2) is 5.11 Å². The summed E-state index contributed by atoms with van der Waals surface area (Å²) in [5.41, 5.74) is 8.15. The highest BCUT2D eigenvalue weighted by atomic mass is 32.1. The molecule has 4 aromatic rings. The van der Waals surface area contributed by atoms with Crippen LogP contribution in [-0.4, -0.2) is 24.5 Å².